The zero-order valence-electron chi connectivity index (χ0n) is 16.3. The van der Waals surface area contributed by atoms with Crippen LogP contribution in [0, 0.1) is 5.92 Å². The summed E-state index contributed by atoms with van der Waals surface area (Å²) in [6.07, 6.45) is 4.62. The van der Waals surface area contributed by atoms with Gasteiger partial charge in [-0.05, 0) is 50.5 Å². The highest BCUT2D eigenvalue weighted by Gasteiger charge is 2.28. The Balaban J connectivity index is 2.03. The molecule has 1 unspecified atom stereocenters. The minimum Gasteiger partial charge on any atom is -0.444 e. The van der Waals surface area contributed by atoms with Gasteiger partial charge < -0.3 is 20.3 Å². The molecule has 0 fully saturated rings. The first-order chi connectivity index (χ1) is 12.5. The van der Waals surface area contributed by atoms with Crippen LogP contribution in [-0.2, 0) is 20.7 Å². The van der Waals surface area contributed by atoms with Crippen LogP contribution in [0.4, 0.5) is 10.6 Å². The minimum absolute atomic E-state index is 0.125. The first-order valence-electron chi connectivity index (χ1n) is 8.71. The lowest BCUT2D eigenvalue weighted by atomic mass is 9.94. The number of hydrogen-bond donors (Lipinski definition) is 2. The van der Waals surface area contributed by atoms with Crippen molar-refractivity contribution < 1.29 is 19.1 Å². The Hall–Kier alpha value is -2.90. The van der Waals surface area contributed by atoms with Crippen molar-refractivity contribution in [3.63, 3.8) is 0 Å². The molecule has 27 heavy (non-hydrogen) atoms. The van der Waals surface area contributed by atoms with E-state index in [1.165, 1.54) is 11.0 Å². The predicted molar refractivity (Wildman–Crippen MR) is 102 cm³/mol. The zero-order valence-corrected chi connectivity index (χ0v) is 16.3. The Morgan fingerprint density at radius 2 is 2.11 bits per heavy atom. The highest BCUT2D eigenvalue weighted by Crippen LogP contribution is 2.24. The Morgan fingerprint density at radius 3 is 2.74 bits per heavy atom. The molecule has 8 nitrogen and oxygen atoms in total. The van der Waals surface area contributed by atoms with E-state index in [1.807, 2.05) is 6.07 Å². The van der Waals surface area contributed by atoms with Gasteiger partial charge in [-0.1, -0.05) is 0 Å². The van der Waals surface area contributed by atoms with Crippen LogP contribution in [0.25, 0.3) is 6.08 Å². The fraction of sp³-hybridized carbons (Fsp3) is 0.474. The van der Waals surface area contributed by atoms with Crippen LogP contribution in [0.15, 0.2) is 18.3 Å². The number of nitrogens with one attached hydrogen (secondary N) is 2. The number of carbonyl (C=O) groups excluding carboxylic acids is 3. The van der Waals surface area contributed by atoms with E-state index in [1.54, 1.807) is 47.1 Å². The summed E-state index contributed by atoms with van der Waals surface area (Å²) in [4.78, 5) is 41.4. The molecule has 1 aromatic rings. The summed E-state index contributed by atoms with van der Waals surface area (Å²) in [5.74, 6) is -0.239. The number of carbonyl (C=O) groups is 3. The molecule has 1 aliphatic rings. The molecule has 3 amide bonds. The summed E-state index contributed by atoms with van der Waals surface area (Å²) in [7, 11) is 3.35. The average Bonchev–Trinajstić information content (AvgIpc) is 2.56. The number of rotatable bonds is 4. The largest absolute Gasteiger partial charge is 0.444 e. The molecule has 0 aromatic carbocycles. The van der Waals surface area contributed by atoms with E-state index >= 15 is 0 Å². The maximum atomic E-state index is 12.2. The van der Waals surface area contributed by atoms with Crippen molar-refractivity contribution in [2.75, 3.05) is 26.0 Å². The van der Waals surface area contributed by atoms with Crippen molar-refractivity contribution in [3.05, 3.63) is 29.5 Å². The van der Waals surface area contributed by atoms with Gasteiger partial charge in [0.15, 0.2) is 0 Å². The van der Waals surface area contributed by atoms with Gasteiger partial charge in [-0.25, -0.2) is 9.78 Å². The van der Waals surface area contributed by atoms with Gasteiger partial charge in [0.25, 0.3) is 0 Å². The van der Waals surface area contributed by atoms with Gasteiger partial charge in [0.05, 0.1) is 5.92 Å². The Bertz CT molecular complexity index is 765. The molecular formula is C19H26N4O4. The molecule has 2 N–H and O–H groups in total. The topological polar surface area (TPSA) is 101 Å². The third-order valence-electron chi connectivity index (χ3n) is 3.82. The number of fused-ring (bicyclic) bond motifs is 1. The molecule has 0 spiro atoms. The monoisotopic (exact) mass is 374 g/mol. The maximum absolute atomic E-state index is 12.2. The molecule has 0 saturated heterocycles. The van der Waals surface area contributed by atoms with E-state index in [-0.39, 0.29) is 18.4 Å². The Labute approximate surface area is 159 Å². The van der Waals surface area contributed by atoms with Crippen molar-refractivity contribution in [2.45, 2.75) is 32.8 Å². The van der Waals surface area contributed by atoms with Crippen LogP contribution in [0.5, 0.6) is 0 Å². The van der Waals surface area contributed by atoms with Gasteiger partial charge in [-0.2, -0.15) is 0 Å². The molecule has 0 bridgehead atoms. The van der Waals surface area contributed by atoms with Crippen LogP contribution in [-0.4, -0.2) is 54.0 Å². The summed E-state index contributed by atoms with van der Waals surface area (Å²) in [6.45, 7) is 5.49. The van der Waals surface area contributed by atoms with E-state index in [0.717, 1.165) is 11.1 Å². The van der Waals surface area contributed by atoms with Crippen molar-refractivity contribution in [1.29, 1.82) is 0 Å². The first kappa shape index (κ1) is 20.4. The van der Waals surface area contributed by atoms with Crippen LogP contribution in [0.3, 0.4) is 0 Å². The summed E-state index contributed by atoms with van der Waals surface area (Å²) >= 11 is 0. The third kappa shape index (κ3) is 6.09. The third-order valence-corrected chi connectivity index (χ3v) is 3.82. The summed E-state index contributed by atoms with van der Waals surface area (Å²) < 4.78 is 5.19. The normalized spacial score (nSPS) is 16.5. The van der Waals surface area contributed by atoms with Crippen LogP contribution >= 0.6 is 0 Å². The zero-order chi connectivity index (χ0) is 20.2. The van der Waals surface area contributed by atoms with E-state index in [0.29, 0.717) is 12.2 Å². The van der Waals surface area contributed by atoms with E-state index in [9.17, 15) is 14.4 Å². The lowest BCUT2D eigenvalue weighted by Gasteiger charge is -2.25. The van der Waals surface area contributed by atoms with E-state index in [4.69, 9.17) is 4.74 Å². The second kappa shape index (κ2) is 8.20. The Kier molecular flexibility index (Phi) is 6.20. The number of alkyl carbamates (subject to hydrolysis) is 1. The van der Waals surface area contributed by atoms with E-state index in [2.05, 4.69) is 15.6 Å². The predicted octanol–water partition coefficient (Wildman–Crippen LogP) is 1.82. The smallest absolute Gasteiger partial charge is 0.407 e. The molecule has 8 heteroatoms. The number of pyridine rings is 1. The number of nitrogens with zero attached hydrogens (tertiary/aromatic N) is 2. The van der Waals surface area contributed by atoms with Gasteiger partial charge in [0.2, 0.25) is 11.8 Å². The van der Waals surface area contributed by atoms with Gasteiger partial charge in [0, 0.05) is 32.9 Å². The molecule has 0 saturated carbocycles. The molecular weight excluding hydrogens is 348 g/mol. The molecule has 146 valence electrons. The van der Waals surface area contributed by atoms with Gasteiger partial charge in [0.1, 0.15) is 11.4 Å². The summed E-state index contributed by atoms with van der Waals surface area (Å²) in [5, 5.41) is 5.38. The van der Waals surface area contributed by atoms with Gasteiger partial charge in [-0.3, -0.25) is 9.59 Å². The first-order valence-corrected chi connectivity index (χ1v) is 8.71. The molecule has 1 atom stereocenters. The van der Waals surface area contributed by atoms with Gasteiger partial charge in [-0.15, -0.1) is 0 Å². The number of anilines is 1. The second-order valence-corrected chi connectivity index (χ2v) is 7.62. The second-order valence-electron chi connectivity index (χ2n) is 7.62. The number of ether oxygens (including phenoxy) is 1. The quantitative estimate of drug-likeness (QED) is 0.783. The molecule has 0 aliphatic carbocycles. The van der Waals surface area contributed by atoms with Crippen molar-refractivity contribution in [1.82, 2.24) is 15.2 Å². The summed E-state index contributed by atoms with van der Waals surface area (Å²) in [6, 6.07) is 1.88. The number of amides is 3. The van der Waals surface area contributed by atoms with E-state index < -0.39 is 17.6 Å². The highest BCUT2D eigenvalue weighted by molar-refractivity contribution is 5.95. The van der Waals surface area contributed by atoms with Gasteiger partial charge >= 0.3 is 6.09 Å². The van der Waals surface area contributed by atoms with Crippen molar-refractivity contribution >= 4 is 29.8 Å². The van der Waals surface area contributed by atoms with Crippen LogP contribution < -0.4 is 10.6 Å². The molecule has 2 rings (SSSR count). The number of likely N-dealkylation sites (N-methyl/N-ethyl adjacent to an activating group) is 1. The minimum atomic E-state index is -0.597. The fourth-order valence-electron chi connectivity index (χ4n) is 2.47. The summed E-state index contributed by atoms with van der Waals surface area (Å²) in [5.41, 5.74) is 1.02. The average molecular weight is 374 g/mol. The molecule has 0 radical (unpaired) electrons. The lowest BCUT2D eigenvalue weighted by Crippen LogP contribution is -2.41. The number of aromatic nitrogens is 1. The van der Waals surface area contributed by atoms with Crippen molar-refractivity contribution in [2.24, 2.45) is 5.92 Å². The standard InChI is InChI=1S/C19H26N4O4/c1-19(2,3)27-18(26)21-11-14-9-13-8-12(6-7-15(24)23(4)5)10-20-16(13)22-17(14)25/h6-8,10,14H,9,11H2,1-5H3,(H,21,26)(H,20,22,25)/b7-6+. The SMILES string of the molecule is CN(C)C(=O)/C=C/c1cnc2c(c1)CC(CNC(=O)OC(C)(C)C)C(=O)N2. The maximum Gasteiger partial charge on any atom is 0.407 e. The fourth-order valence-corrected chi connectivity index (χ4v) is 2.47. The molecule has 1 aromatic heterocycles. The van der Waals surface area contributed by atoms with Crippen molar-refractivity contribution in [3.8, 4) is 0 Å². The lowest BCUT2D eigenvalue weighted by molar-refractivity contribution is -0.123. The molecule has 2 heterocycles. The number of hydrogen-bond acceptors (Lipinski definition) is 5. The van der Waals surface area contributed by atoms with Crippen LogP contribution in [0.1, 0.15) is 31.9 Å². The molecule has 1 aliphatic heterocycles. The van der Waals surface area contributed by atoms with Crippen LogP contribution in [0.2, 0.25) is 0 Å². The highest BCUT2D eigenvalue weighted by atomic mass is 16.6. The Morgan fingerprint density at radius 1 is 1.41 bits per heavy atom.